The second-order valence-electron chi connectivity index (χ2n) is 7.16. The molecule has 6 nitrogen and oxygen atoms in total. The number of hydrogen-bond donors (Lipinski definition) is 4. The summed E-state index contributed by atoms with van der Waals surface area (Å²) in [5.74, 6) is 5.40. The molecule has 29 heavy (non-hydrogen) atoms. The van der Waals surface area contributed by atoms with Crippen molar-refractivity contribution in [3.63, 3.8) is 0 Å². The van der Waals surface area contributed by atoms with E-state index in [9.17, 15) is 23.1 Å². The number of benzene rings is 1. The van der Waals surface area contributed by atoms with Crippen LogP contribution >= 0.6 is 11.3 Å². The molecule has 0 spiro atoms. The number of alkyl halides is 3. The highest BCUT2D eigenvalue weighted by Crippen LogP contribution is 2.38. The van der Waals surface area contributed by atoms with Crippen molar-refractivity contribution in [2.75, 3.05) is 0 Å². The Morgan fingerprint density at radius 3 is 2.41 bits per heavy atom. The molecule has 1 heterocycles. The van der Waals surface area contributed by atoms with E-state index in [1.165, 1.54) is 18.3 Å². The number of fused-ring (bicyclic) bond motifs is 1. The number of hydrazine groups is 1. The smallest absolute Gasteiger partial charge is 0.398 e. The minimum atomic E-state index is -4.92. The van der Waals surface area contributed by atoms with Crippen molar-refractivity contribution in [3.05, 3.63) is 46.1 Å². The highest BCUT2D eigenvalue weighted by atomic mass is 32.1. The van der Waals surface area contributed by atoms with Crippen molar-refractivity contribution in [3.8, 4) is 0 Å². The third-order valence-corrected chi connectivity index (χ3v) is 5.91. The Bertz CT molecular complexity index is 939. The maximum Gasteiger partial charge on any atom is 0.422 e. The van der Waals surface area contributed by atoms with Crippen LogP contribution in [-0.2, 0) is 6.54 Å². The molecule has 0 saturated carbocycles. The van der Waals surface area contributed by atoms with Crippen LogP contribution in [0.15, 0.2) is 30.1 Å². The molecule has 2 aromatic rings. The van der Waals surface area contributed by atoms with Gasteiger partial charge >= 0.3 is 6.18 Å². The van der Waals surface area contributed by atoms with Crippen LogP contribution in [0.3, 0.4) is 0 Å². The van der Waals surface area contributed by atoms with Gasteiger partial charge in [-0.1, -0.05) is 32.9 Å². The number of amides is 1. The Hall–Kier alpha value is -2.30. The van der Waals surface area contributed by atoms with Crippen molar-refractivity contribution < 1.29 is 23.1 Å². The first kappa shape index (κ1) is 23.0. The standard InChI is InChI=1S/C19H25F3N4O2S/c1-4-18(28,19(20,21)22)14(23)9-26(25)8-11-5-6-12-13(7-11)29-16(17(24)27)15(12)10(2)3/h5-7,9-10,28H,4,8,23,25H2,1-3H3,(H2,24,27)/b14-9-. The SMILES string of the molecule is CCC(O)(/C(N)=C/N(N)Cc1ccc2c(C(C)C)c(C(N)=O)sc2c1)C(F)(F)F. The molecule has 1 amide bonds. The highest BCUT2D eigenvalue weighted by molar-refractivity contribution is 7.21. The topological polar surface area (TPSA) is 119 Å². The molecular weight excluding hydrogens is 405 g/mol. The van der Waals surface area contributed by atoms with Crippen LogP contribution in [0.4, 0.5) is 13.2 Å². The third-order valence-electron chi connectivity index (χ3n) is 4.72. The van der Waals surface area contributed by atoms with Gasteiger partial charge in [0, 0.05) is 10.9 Å². The number of aliphatic hydroxyl groups is 1. The first-order chi connectivity index (χ1) is 13.3. The molecule has 0 fully saturated rings. The quantitative estimate of drug-likeness (QED) is 0.397. The first-order valence-electron chi connectivity index (χ1n) is 8.95. The van der Waals surface area contributed by atoms with Gasteiger partial charge in [-0.2, -0.15) is 13.2 Å². The van der Waals surface area contributed by atoms with E-state index in [2.05, 4.69) is 0 Å². The lowest BCUT2D eigenvalue weighted by atomic mass is 9.96. The fourth-order valence-electron chi connectivity index (χ4n) is 3.13. The predicted molar refractivity (Wildman–Crippen MR) is 108 cm³/mol. The van der Waals surface area contributed by atoms with Crippen LogP contribution in [-0.4, -0.2) is 27.8 Å². The van der Waals surface area contributed by atoms with Crippen molar-refractivity contribution in [1.82, 2.24) is 5.01 Å². The highest BCUT2D eigenvalue weighted by Gasteiger charge is 2.54. The maximum atomic E-state index is 13.1. The van der Waals surface area contributed by atoms with E-state index in [0.29, 0.717) is 10.4 Å². The average Bonchev–Trinajstić information content (AvgIpc) is 2.98. The van der Waals surface area contributed by atoms with Crippen LogP contribution in [0, 0.1) is 0 Å². The van der Waals surface area contributed by atoms with Crippen LogP contribution in [0.5, 0.6) is 0 Å². The van der Waals surface area contributed by atoms with Gasteiger partial charge in [-0.05, 0) is 34.9 Å². The molecule has 0 aliphatic heterocycles. The molecule has 0 bridgehead atoms. The Labute approximate surface area is 170 Å². The van der Waals surface area contributed by atoms with Crippen molar-refractivity contribution >= 4 is 27.3 Å². The van der Waals surface area contributed by atoms with Crippen molar-refractivity contribution in [1.29, 1.82) is 0 Å². The lowest BCUT2D eigenvalue weighted by Crippen LogP contribution is -2.49. The summed E-state index contributed by atoms with van der Waals surface area (Å²) in [4.78, 5) is 12.2. The molecule has 10 heteroatoms. The fourth-order valence-corrected chi connectivity index (χ4v) is 4.40. The molecule has 0 radical (unpaired) electrons. The number of hydrogen-bond acceptors (Lipinski definition) is 6. The molecule has 1 aromatic heterocycles. The summed E-state index contributed by atoms with van der Waals surface area (Å²) in [6, 6.07) is 5.41. The second kappa shape index (κ2) is 8.21. The number of carbonyl (C=O) groups excluding carboxylic acids is 1. The van der Waals surface area contributed by atoms with E-state index >= 15 is 0 Å². The van der Waals surface area contributed by atoms with Gasteiger partial charge in [-0.15, -0.1) is 11.3 Å². The lowest BCUT2D eigenvalue weighted by Gasteiger charge is -2.30. The van der Waals surface area contributed by atoms with Gasteiger partial charge in [0.15, 0.2) is 0 Å². The lowest BCUT2D eigenvalue weighted by molar-refractivity contribution is -0.245. The fraction of sp³-hybridized carbons (Fsp3) is 0.421. The Morgan fingerprint density at radius 1 is 1.31 bits per heavy atom. The predicted octanol–water partition coefficient (Wildman–Crippen LogP) is 3.30. The molecular formula is C19H25F3N4O2S. The number of nitrogens with two attached hydrogens (primary N) is 3. The molecule has 0 aliphatic rings. The molecule has 1 unspecified atom stereocenters. The van der Waals surface area contributed by atoms with Crippen LogP contribution in [0.2, 0.25) is 0 Å². The summed E-state index contributed by atoms with van der Waals surface area (Å²) >= 11 is 1.26. The van der Waals surface area contributed by atoms with Crippen molar-refractivity contribution in [2.45, 2.75) is 51.4 Å². The number of thiophene rings is 1. The van der Waals surface area contributed by atoms with Gasteiger partial charge in [0.1, 0.15) is 0 Å². The summed E-state index contributed by atoms with van der Waals surface area (Å²) in [6.07, 6.45) is -4.68. The van der Waals surface area contributed by atoms with Crippen LogP contribution in [0.25, 0.3) is 10.1 Å². The number of rotatable bonds is 7. The normalized spacial score (nSPS) is 15.0. The molecule has 1 atom stereocenters. The summed E-state index contributed by atoms with van der Waals surface area (Å²) in [5.41, 5.74) is 8.62. The number of nitrogens with zero attached hydrogens (tertiary/aromatic N) is 1. The van der Waals surface area contributed by atoms with Gasteiger partial charge < -0.3 is 21.6 Å². The van der Waals surface area contributed by atoms with Gasteiger partial charge in [-0.25, -0.2) is 5.84 Å². The maximum absolute atomic E-state index is 13.1. The Kier molecular flexibility index (Phi) is 6.51. The van der Waals surface area contributed by atoms with Crippen LogP contribution < -0.4 is 17.3 Å². The third kappa shape index (κ3) is 4.49. The summed E-state index contributed by atoms with van der Waals surface area (Å²) in [7, 11) is 0. The number of primary amides is 1. The number of carbonyl (C=O) groups is 1. The molecule has 7 N–H and O–H groups in total. The number of halogens is 3. The Balaban J connectivity index is 2.33. The molecule has 1 aromatic carbocycles. The largest absolute Gasteiger partial charge is 0.422 e. The van der Waals surface area contributed by atoms with E-state index in [-0.39, 0.29) is 12.5 Å². The van der Waals surface area contributed by atoms with E-state index < -0.39 is 29.8 Å². The summed E-state index contributed by atoms with van der Waals surface area (Å²) < 4.78 is 40.2. The van der Waals surface area contributed by atoms with Gasteiger partial charge in [0.05, 0.1) is 17.1 Å². The zero-order valence-electron chi connectivity index (χ0n) is 16.4. The molecule has 160 valence electrons. The van der Waals surface area contributed by atoms with Gasteiger partial charge in [0.2, 0.25) is 5.60 Å². The van der Waals surface area contributed by atoms with E-state index in [1.807, 2.05) is 19.9 Å². The average molecular weight is 430 g/mol. The van der Waals surface area contributed by atoms with E-state index in [1.54, 1.807) is 12.1 Å². The van der Waals surface area contributed by atoms with Gasteiger partial charge in [-0.3, -0.25) is 4.79 Å². The van der Waals surface area contributed by atoms with E-state index in [0.717, 1.165) is 26.9 Å². The summed E-state index contributed by atoms with van der Waals surface area (Å²) in [5, 5.41) is 11.8. The zero-order chi connectivity index (χ0) is 22.1. The zero-order valence-corrected chi connectivity index (χ0v) is 17.2. The Morgan fingerprint density at radius 2 is 1.93 bits per heavy atom. The monoisotopic (exact) mass is 430 g/mol. The first-order valence-corrected chi connectivity index (χ1v) is 9.76. The molecule has 2 rings (SSSR count). The second-order valence-corrected chi connectivity index (χ2v) is 8.21. The summed E-state index contributed by atoms with van der Waals surface area (Å²) in [6.45, 7) is 5.16. The van der Waals surface area contributed by atoms with Crippen molar-refractivity contribution in [2.24, 2.45) is 17.3 Å². The molecule has 0 saturated heterocycles. The van der Waals surface area contributed by atoms with E-state index in [4.69, 9.17) is 17.3 Å². The molecule has 0 aliphatic carbocycles. The van der Waals surface area contributed by atoms with Gasteiger partial charge in [0.25, 0.3) is 5.91 Å². The minimum Gasteiger partial charge on any atom is -0.398 e. The minimum absolute atomic E-state index is 0.0507. The van der Waals surface area contributed by atoms with Crippen LogP contribution in [0.1, 0.15) is 53.9 Å².